The molecule has 0 aliphatic carbocycles. The molecule has 0 saturated heterocycles. The normalized spacial score (nSPS) is 10.8. The Hall–Kier alpha value is -1.96. The highest BCUT2D eigenvalue weighted by atomic mass is 33.1. The molecule has 0 aliphatic rings. The van der Waals surface area contributed by atoms with Gasteiger partial charge in [0.15, 0.2) is 0 Å². The van der Waals surface area contributed by atoms with E-state index in [9.17, 15) is 14.7 Å². The molecule has 0 heterocycles. The summed E-state index contributed by atoms with van der Waals surface area (Å²) < 4.78 is 1.28. The Labute approximate surface area is 181 Å². The second-order valence-corrected chi connectivity index (χ2v) is 8.69. The highest BCUT2D eigenvalue weighted by Gasteiger charge is 2.16. The molecule has 0 bridgehead atoms. The van der Waals surface area contributed by atoms with Crippen molar-refractivity contribution in [2.45, 2.75) is 37.5 Å². The maximum absolute atomic E-state index is 10.7. The second-order valence-electron chi connectivity index (χ2n) is 6.41. The van der Waals surface area contributed by atoms with Gasteiger partial charge in [0.25, 0.3) is 0 Å². The van der Waals surface area contributed by atoms with E-state index in [0.29, 0.717) is 0 Å². The molecule has 0 aliphatic heterocycles. The summed E-state index contributed by atoms with van der Waals surface area (Å²) in [5, 5.41) is 19.4. The van der Waals surface area contributed by atoms with E-state index in [1.54, 1.807) is 36.4 Å². The average Bonchev–Trinajstić information content (AvgIpc) is 2.75. The van der Waals surface area contributed by atoms with Crippen LogP contribution in [-0.4, -0.2) is 47.7 Å². The first-order valence-electron chi connectivity index (χ1n) is 9.65. The number of quaternary nitrogens is 1. The van der Waals surface area contributed by atoms with Gasteiger partial charge in [-0.1, -0.05) is 33.7 Å². The smallest absolute Gasteiger partial charge is 0.335 e. The van der Waals surface area contributed by atoms with Crippen molar-refractivity contribution in [3.63, 3.8) is 0 Å². The van der Waals surface area contributed by atoms with E-state index < -0.39 is 11.9 Å². The van der Waals surface area contributed by atoms with Crippen molar-refractivity contribution in [2.24, 2.45) is 0 Å². The SMILES string of the molecule is CC[N+](CC)(CC)CC.O=C([O-])c1ccc(SSc2ccc(C(=O)O)cc2)cc1. The number of carbonyl (C=O) groups excluding carboxylic acids is 1. The van der Waals surface area contributed by atoms with Crippen molar-refractivity contribution < 1.29 is 24.3 Å². The Morgan fingerprint density at radius 3 is 1.34 bits per heavy atom. The van der Waals surface area contributed by atoms with E-state index in [2.05, 4.69) is 27.7 Å². The number of carboxylic acids is 2. The van der Waals surface area contributed by atoms with Crippen LogP contribution in [0.1, 0.15) is 48.4 Å². The molecule has 0 atom stereocenters. The maximum Gasteiger partial charge on any atom is 0.335 e. The molecule has 5 nitrogen and oxygen atoms in total. The van der Waals surface area contributed by atoms with E-state index in [1.165, 1.54) is 64.4 Å². The third-order valence-electron chi connectivity index (χ3n) is 5.11. The van der Waals surface area contributed by atoms with Crippen molar-refractivity contribution in [3.8, 4) is 0 Å². The number of benzene rings is 2. The van der Waals surface area contributed by atoms with Crippen LogP contribution in [-0.2, 0) is 0 Å². The van der Waals surface area contributed by atoms with Gasteiger partial charge in [0.05, 0.1) is 37.7 Å². The number of hydrogen-bond donors (Lipinski definition) is 1. The Bertz CT molecular complexity index is 697. The molecule has 29 heavy (non-hydrogen) atoms. The fourth-order valence-corrected chi connectivity index (χ4v) is 4.67. The Morgan fingerprint density at radius 1 is 0.759 bits per heavy atom. The summed E-state index contributed by atoms with van der Waals surface area (Å²) in [6.45, 7) is 14.2. The van der Waals surface area contributed by atoms with E-state index >= 15 is 0 Å². The third kappa shape index (κ3) is 8.12. The summed E-state index contributed by atoms with van der Waals surface area (Å²) in [7, 11) is 2.93. The number of aromatic carboxylic acids is 2. The van der Waals surface area contributed by atoms with E-state index in [4.69, 9.17) is 5.11 Å². The monoisotopic (exact) mass is 435 g/mol. The van der Waals surface area contributed by atoms with Gasteiger partial charge in [0, 0.05) is 9.79 Å². The summed E-state index contributed by atoms with van der Waals surface area (Å²) in [6, 6.07) is 12.9. The molecular weight excluding hydrogens is 406 g/mol. The summed E-state index contributed by atoms with van der Waals surface area (Å²) in [5.74, 6) is -2.15. The van der Waals surface area contributed by atoms with Crippen molar-refractivity contribution in [3.05, 3.63) is 59.7 Å². The molecule has 0 fully saturated rings. The van der Waals surface area contributed by atoms with E-state index in [-0.39, 0.29) is 11.1 Å². The Kier molecular flexibility index (Phi) is 10.9. The molecule has 7 heteroatoms. The lowest BCUT2D eigenvalue weighted by molar-refractivity contribution is -0.921. The van der Waals surface area contributed by atoms with Crippen molar-refractivity contribution in [2.75, 3.05) is 26.2 Å². The van der Waals surface area contributed by atoms with Gasteiger partial charge in [-0.2, -0.15) is 0 Å². The molecule has 0 unspecified atom stereocenters. The number of nitrogens with zero attached hydrogens (tertiary/aromatic N) is 1. The van der Waals surface area contributed by atoms with Gasteiger partial charge in [-0.05, 0) is 69.7 Å². The fourth-order valence-electron chi connectivity index (χ4n) is 2.74. The van der Waals surface area contributed by atoms with Gasteiger partial charge < -0.3 is 19.5 Å². The lowest BCUT2D eigenvalue weighted by atomic mass is 10.2. The van der Waals surface area contributed by atoms with Crippen LogP contribution in [0.3, 0.4) is 0 Å². The molecule has 0 spiro atoms. The van der Waals surface area contributed by atoms with Crippen LogP contribution in [0.5, 0.6) is 0 Å². The van der Waals surface area contributed by atoms with Gasteiger partial charge in [0.2, 0.25) is 0 Å². The first-order valence-corrected chi connectivity index (χ1v) is 11.8. The molecule has 2 rings (SSSR count). The van der Waals surface area contributed by atoms with Gasteiger partial charge in [-0.3, -0.25) is 0 Å². The Balaban J connectivity index is 0.000000396. The molecule has 0 aromatic heterocycles. The first kappa shape index (κ1) is 25.1. The van der Waals surface area contributed by atoms with E-state index in [0.717, 1.165) is 9.79 Å². The minimum atomic E-state index is -1.20. The molecule has 0 amide bonds. The van der Waals surface area contributed by atoms with Crippen molar-refractivity contribution in [1.82, 2.24) is 0 Å². The van der Waals surface area contributed by atoms with Crippen LogP contribution in [0.2, 0.25) is 0 Å². The highest BCUT2D eigenvalue weighted by molar-refractivity contribution is 8.76. The van der Waals surface area contributed by atoms with Crippen LogP contribution < -0.4 is 5.11 Å². The van der Waals surface area contributed by atoms with Gasteiger partial charge >= 0.3 is 5.97 Å². The molecule has 2 aromatic rings. The largest absolute Gasteiger partial charge is 0.545 e. The molecule has 158 valence electrons. The van der Waals surface area contributed by atoms with Gasteiger partial charge in [0.1, 0.15) is 0 Å². The summed E-state index contributed by atoms with van der Waals surface area (Å²) in [5.41, 5.74) is 0.392. The van der Waals surface area contributed by atoms with Crippen molar-refractivity contribution in [1.29, 1.82) is 0 Å². The van der Waals surface area contributed by atoms with E-state index in [1.807, 2.05) is 0 Å². The molecule has 2 aromatic carbocycles. The Morgan fingerprint density at radius 2 is 1.10 bits per heavy atom. The minimum Gasteiger partial charge on any atom is -0.545 e. The number of carbonyl (C=O) groups is 2. The minimum absolute atomic E-state index is 0.144. The zero-order valence-electron chi connectivity index (χ0n) is 17.4. The lowest BCUT2D eigenvalue weighted by Gasteiger charge is -2.34. The zero-order valence-corrected chi connectivity index (χ0v) is 19.0. The number of hydrogen-bond acceptors (Lipinski definition) is 5. The van der Waals surface area contributed by atoms with Crippen LogP contribution in [0.25, 0.3) is 0 Å². The summed E-state index contributed by atoms with van der Waals surface area (Å²) in [6.07, 6.45) is 0. The van der Waals surface area contributed by atoms with Crippen LogP contribution >= 0.6 is 21.6 Å². The first-order chi connectivity index (χ1) is 13.8. The molecule has 1 N–H and O–H groups in total. The fraction of sp³-hybridized carbons (Fsp3) is 0.364. The topological polar surface area (TPSA) is 77.4 Å². The summed E-state index contributed by atoms with van der Waals surface area (Å²) >= 11 is 0. The summed E-state index contributed by atoms with van der Waals surface area (Å²) in [4.78, 5) is 23.1. The standard InChI is InChI=1S/C14H10O4S2.C8H20N/c15-13(16)9-1-5-11(6-2-9)19-20-12-7-3-10(4-8-12)14(17)18;1-5-9(6-2,7-3)8-4/h1-8H,(H,15,16)(H,17,18);5-8H2,1-4H3/q;+1/p-1. The quantitative estimate of drug-likeness (QED) is 0.464. The number of carboxylic acid groups (broad SMARTS) is 2. The maximum atomic E-state index is 10.7. The van der Waals surface area contributed by atoms with Gasteiger partial charge in [-0.15, -0.1) is 0 Å². The van der Waals surface area contributed by atoms with Crippen molar-refractivity contribution >= 4 is 33.5 Å². The highest BCUT2D eigenvalue weighted by Crippen LogP contribution is 2.37. The van der Waals surface area contributed by atoms with Crippen LogP contribution in [0.15, 0.2) is 58.3 Å². The zero-order chi connectivity index (χ0) is 21.9. The van der Waals surface area contributed by atoms with Crippen LogP contribution in [0.4, 0.5) is 0 Å². The molecule has 0 saturated carbocycles. The molecular formula is C22H29NO4S2. The predicted molar refractivity (Wildman–Crippen MR) is 118 cm³/mol. The third-order valence-corrected chi connectivity index (χ3v) is 7.53. The molecule has 0 radical (unpaired) electrons. The lowest BCUT2D eigenvalue weighted by Crippen LogP contribution is -2.47. The van der Waals surface area contributed by atoms with Gasteiger partial charge in [-0.25, -0.2) is 4.79 Å². The predicted octanol–water partition coefficient (Wildman–Crippen LogP) is 4.43. The second kappa shape index (κ2) is 12.6. The van der Waals surface area contributed by atoms with Crippen LogP contribution in [0, 0.1) is 0 Å². The number of rotatable bonds is 9. The average molecular weight is 436 g/mol.